The van der Waals surface area contributed by atoms with Crippen LogP contribution in [0.15, 0.2) is 36.4 Å². The number of rotatable bonds is 7. The molecule has 1 N–H and O–H groups in total. The highest BCUT2D eigenvalue weighted by molar-refractivity contribution is 6.32. The summed E-state index contributed by atoms with van der Waals surface area (Å²) in [5.41, 5.74) is 1.67. The summed E-state index contributed by atoms with van der Waals surface area (Å²) < 4.78 is 15.8. The molecule has 0 fully saturated rings. The van der Waals surface area contributed by atoms with E-state index < -0.39 is 0 Å². The first-order valence-corrected chi connectivity index (χ1v) is 7.88. The van der Waals surface area contributed by atoms with Gasteiger partial charge in [-0.15, -0.1) is 0 Å². The van der Waals surface area contributed by atoms with Crippen LogP contribution in [0, 0.1) is 0 Å². The molecule has 128 valence electrons. The molecule has 0 bridgehead atoms. The van der Waals surface area contributed by atoms with Crippen molar-refractivity contribution in [1.29, 1.82) is 0 Å². The predicted molar refractivity (Wildman–Crippen MR) is 94.5 cm³/mol. The molecular weight excluding hydrogens is 330 g/mol. The number of halogens is 1. The number of carbonyl (C=O) groups excluding carboxylic acids is 1. The first-order chi connectivity index (χ1) is 11.6. The van der Waals surface area contributed by atoms with E-state index >= 15 is 0 Å². The highest BCUT2D eigenvalue weighted by Crippen LogP contribution is 2.35. The summed E-state index contributed by atoms with van der Waals surface area (Å²) in [6.07, 6.45) is 0.957. The Morgan fingerprint density at radius 1 is 1.08 bits per heavy atom. The molecule has 2 rings (SSSR count). The number of aryl methyl sites for hydroxylation is 1. The van der Waals surface area contributed by atoms with Crippen molar-refractivity contribution in [2.24, 2.45) is 0 Å². The number of ether oxygens (including phenoxy) is 3. The lowest BCUT2D eigenvalue weighted by molar-refractivity contribution is -0.118. The Morgan fingerprint density at radius 3 is 2.33 bits per heavy atom. The van der Waals surface area contributed by atoms with E-state index in [1.807, 2.05) is 24.3 Å². The average molecular weight is 350 g/mol. The fourth-order valence-corrected chi connectivity index (χ4v) is 2.36. The largest absolute Gasteiger partial charge is 0.495 e. The van der Waals surface area contributed by atoms with Gasteiger partial charge in [-0.25, -0.2) is 0 Å². The van der Waals surface area contributed by atoms with Crippen molar-refractivity contribution in [3.8, 4) is 17.2 Å². The van der Waals surface area contributed by atoms with E-state index in [0.29, 0.717) is 28.0 Å². The maximum absolute atomic E-state index is 12.1. The van der Waals surface area contributed by atoms with Crippen LogP contribution in [0.1, 0.15) is 12.5 Å². The Kier molecular flexibility index (Phi) is 6.32. The van der Waals surface area contributed by atoms with Gasteiger partial charge in [0, 0.05) is 6.07 Å². The van der Waals surface area contributed by atoms with E-state index in [0.717, 1.165) is 6.42 Å². The number of hydrogen-bond acceptors (Lipinski definition) is 4. The molecule has 0 aromatic heterocycles. The monoisotopic (exact) mass is 349 g/mol. The van der Waals surface area contributed by atoms with Crippen LogP contribution in [0.2, 0.25) is 5.02 Å². The highest BCUT2D eigenvalue weighted by atomic mass is 35.5. The fourth-order valence-electron chi connectivity index (χ4n) is 2.11. The number of amides is 1. The Balaban J connectivity index is 2.00. The molecule has 0 aliphatic rings. The quantitative estimate of drug-likeness (QED) is 0.822. The van der Waals surface area contributed by atoms with Crippen LogP contribution in [-0.4, -0.2) is 26.7 Å². The Labute approximate surface area is 146 Å². The summed E-state index contributed by atoms with van der Waals surface area (Å²) in [6.45, 7) is 1.97. The molecular formula is C18H20ClNO4. The van der Waals surface area contributed by atoms with Crippen LogP contribution < -0.4 is 19.5 Å². The molecule has 6 heteroatoms. The lowest BCUT2D eigenvalue weighted by atomic mass is 10.2. The van der Waals surface area contributed by atoms with E-state index in [9.17, 15) is 4.79 Å². The van der Waals surface area contributed by atoms with Gasteiger partial charge in [-0.1, -0.05) is 30.7 Å². The first-order valence-electron chi connectivity index (χ1n) is 7.50. The van der Waals surface area contributed by atoms with Crippen molar-refractivity contribution in [3.05, 3.63) is 47.0 Å². The summed E-state index contributed by atoms with van der Waals surface area (Å²) in [7, 11) is 3.01. The van der Waals surface area contributed by atoms with Gasteiger partial charge in [0.05, 0.1) is 24.9 Å². The van der Waals surface area contributed by atoms with E-state index in [1.54, 1.807) is 12.1 Å². The van der Waals surface area contributed by atoms with Gasteiger partial charge >= 0.3 is 0 Å². The molecule has 0 spiro atoms. The molecule has 2 aromatic carbocycles. The minimum absolute atomic E-state index is 0.113. The SMILES string of the molecule is CCc1ccc(OCC(=O)Nc2cc(Cl)c(OC)cc2OC)cc1. The summed E-state index contributed by atoms with van der Waals surface area (Å²) in [5.74, 6) is 1.26. The maximum atomic E-state index is 12.1. The topological polar surface area (TPSA) is 56.8 Å². The third-order valence-electron chi connectivity index (χ3n) is 3.45. The molecule has 0 aliphatic carbocycles. The van der Waals surface area contributed by atoms with Crippen LogP contribution >= 0.6 is 11.6 Å². The fraction of sp³-hybridized carbons (Fsp3) is 0.278. The van der Waals surface area contributed by atoms with E-state index in [1.165, 1.54) is 19.8 Å². The number of anilines is 1. The lowest BCUT2D eigenvalue weighted by Gasteiger charge is -2.13. The molecule has 1 amide bonds. The zero-order chi connectivity index (χ0) is 17.5. The Morgan fingerprint density at radius 2 is 1.75 bits per heavy atom. The molecule has 0 atom stereocenters. The number of hydrogen-bond donors (Lipinski definition) is 1. The number of benzene rings is 2. The standard InChI is InChI=1S/C18H20ClNO4/c1-4-12-5-7-13(8-6-12)24-11-18(21)20-15-9-14(19)16(22-2)10-17(15)23-3/h5-10H,4,11H2,1-3H3,(H,20,21). The van der Waals surface area contributed by atoms with Crippen molar-refractivity contribution in [2.45, 2.75) is 13.3 Å². The number of nitrogens with one attached hydrogen (secondary N) is 1. The zero-order valence-electron chi connectivity index (χ0n) is 13.9. The first kappa shape index (κ1) is 17.9. The van der Waals surface area contributed by atoms with E-state index in [2.05, 4.69) is 12.2 Å². The molecule has 0 unspecified atom stereocenters. The van der Waals surface area contributed by atoms with E-state index in [4.69, 9.17) is 25.8 Å². The molecule has 0 saturated carbocycles. The van der Waals surface area contributed by atoms with Gasteiger partial charge in [0.15, 0.2) is 6.61 Å². The van der Waals surface area contributed by atoms with Gasteiger partial charge in [-0.2, -0.15) is 0 Å². The maximum Gasteiger partial charge on any atom is 0.262 e. The number of methoxy groups -OCH3 is 2. The molecule has 24 heavy (non-hydrogen) atoms. The van der Waals surface area contributed by atoms with Crippen molar-refractivity contribution >= 4 is 23.2 Å². The smallest absolute Gasteiger partial charge is 0.262 e. The normalized spacial score (nSPS) is 10.2. The highest BCUT2D eigenvalue weighted by Gasteiger charge is 2.13. The van der Waals surface area contributed by atoms with Crippen LogP contribution in [0.4, 0.5) is 5.69 Å². The number of carbonyl (C=O) groups is 1. The zero-order valence-corrected chi connectivity index (χ0v) is 14.6. The van der Waals surface area contributed by atoms with Gasteiger partial charge in [-0.3, -0.25) is 4.79 Å². The van der Waals surface area contributed by atoms with Gasteiger partial charge in [0.2, 0.25) is 0 Å². The average Bonchev–Trinajstić information content (AvgIpc) is 2.60. The second-order valence-corrected chi connectivity index (χ2v) is 5.43. The van der Waals surface area contributed by atoms with Crippen molar-refractivity contribution in [2.75, 3.05) is 26.1 Å². The van der Waals surface area contributed by atoms with Crippen molar-refractivity contribution < 1.29 is 19.0 Å². The molecule has 5 nitrogen and oxygen atoms in total. The third kappa shape index (κ3) is 4.55. The molecule has 2 aromatic rings. The molecule has 0 aliphatic heterocycles. The van der Waals surface area contributed by atoms with Crippen LogP contribution in [0.3, 0.4) is 0 Å². The predicted octanol–water partition coefficient (Wildman–Crippen LogP) is 3.94. The van der Waals surface area contributed by atoms with E-state index in [-0.39, 0.29) is 12.5 Å². The van der Waals surface area contributed by atoms with Crippen LogP contribution in [0.25, 0.3) is 0 Å². The Hall–Kier alpha value is -2.40. The van der Waals surface area contributed by atoms with Crippen molar-refractivity contribution in [3.63, 3.8) is 0 Å². The third-order valence-corrected chi connectivity index (χ3v) is 3.74. The lowest BCUT2D eigenvalue weighted by Crippen LogP contribution is -2.20. The summed E-state index contributed by atoms with van der Waals surface area (Å²) >= 11 is 6.08. The van der Waals surface area contributed by atoms with Crippen LogP contribution in [0.5, 0.6) is 17.2 Å². The minimum atomic E-state index is -0.311. The second kappa shape index (κ2) is 8.45. The van der Waals surface area contributed by atoms with Gasteiger partial charge in [0.1, 0.15) is 17.2 Å². The van der Waals surface area contributed by atoms with Gasteiger partial charge < -0.3 is 19.5 Å². The minimum Gasteiger partial charge on any atom is -0.495 e. The second-order valence-electron chi connectivity index (χ2n) is 5.02. The molecule has 0 radical (unpaired) electrons. The van der Waals surface area contributed by atoms with Gasteiger partial charge in [0.25, 0.3) is 5.91 Å². The summed E-state index contributed by atoms with van der Waals surface area (Å²) in [4.78, 5) is 12.1. The Bertz CT molecular complexity index is 701. The molecule has 0 heterocycles. The summed E-state index contributed by atoms with van der Waals surface area (Å²) in [5, 5.41) is 3.10. The summed E-state index contributed by atoms with van der Waals surface area (Å²) in [6, 6.07) is 10.8. The van der Waals surface area contributed by atoms with Crippen LogP contribution in [-0.2, 0) is 11.2 Å². The van der Waals surface area contributed by atoms with Gasteiger partial charge in [-0.05, 0) is 30.2 Å². The van der Waals surface area contributed by atoms with Crippen molar-refractivity contribution in [1.82, 2.24) is 0 Å². The molecule has 0 saturated heterocycles.